The molecule has 0 aliphatic rings. The number of nitrogens with zero attached hydrogens (tertiary/aromatic N) is 3. The first-order chi connectivity index (χ1) is 8.24. The van der Waals surface area contributed by atoms with Crippen molar-refractivity contribution in [3.63, 3.8) is 0 Å². The average Bonchev–Trinajstić information content (AvgIpc) is 2.76. The smallest absolute Gasteiger partial charge is 0.223 e. The highest BCUT2D eigenvalue weighted by atomic mass is 16.5. The zero-order valence-electron chi connectivity index (χ0n) is 9.64. The van der Waals surface area contributed by atoms with Gasteiger partial charge in [0.15, 0.2) is 0 Å². The Labute approximate surface area is 93.3 Å². The van der Waals surface area contributed by atoms with Gasteiger partial charge in [-0.1, -0.05) is 17.3 Å². The zero-order valence-corrected chi connectivity index (χ0v) is 8.64. The van der Waals surface area contributed by atoms with E-state index in [4.69, 9.17) is 5.89 Å². The summed E-state index contributed by atoms with van der Waals surface area (Å²) in [4.78, 5) is 8.11. The summed E-state index contributed by atoms with van der Waals surface area (Å²) >= 11 is 0. The molecule has 2 aromatic heterocycles. The molecule has 4 nitrogen and oxygen atoms in total. The summed E-state index contributed by atoms with van der Waals surface area (Å²) < 4.78 is 12.7. The lowest BCUT2D eigenvalue weighted by Crippen LogP contribution is -1.82. The van der Waals surface area contributed by atoms with Gasteiger partial charge in [0.05, 0.1) is 1.37 Å². The number of fused-ring (bicyclic) bond motifs is 1. The van der Waals surface area contributed by atoms with Crippen molar-refractivity contribution in [2.75, 3.05) is 0 Å². The van der Waals surface area contributed by atoms with Crippen LogP contribution in [0.4, 0.5) is 0 Å². The summed E-state index contributed by atoms with van der Waals surface area (Å²) in [6, 6.07) is 7.57. The lowest BCUT2D eigenvalue weighted by Gasteiger charge is -1.98. The zero-order chi connectivity index (χ0) is 11.8. The molecule has 3 rings (SSSR count). The third kappa shape index (κ3) is 1.44. The van der Waals surface area contributed by atoms with Gasteiger partial charge in [-0.2, -0.15) is 4.98 Å². The van der Waals surface area contributed by atoms with Gasteiger partial charge in [-0.25, -0.2) is 0 Å². The Bertz CT molecular complexity index is 693. The SMILES string of the molecule is [2H]c1nccc2ccc(-c3noc(C)n3)cc12. The standard InChI is InChI=1S/C12H9N3O/c1-8-14-12(15-16-8)10-3-2-9-4-5-13-7-11(9)6-10/h2-7H,1H3/i7D. The number of benzene rings is 1. The van der Waals surface area contributed by atoms with Crippen molar-refractivity contribution in [1.29, 1.82) is 0 Å². The molecular formula is C12H9N3O. The van der Waals surface area contributed by atoms with Gasteiger partial charge in [-0.05, 0) is 17.5 Å². The predicted octanol–water partition coefficient (Wildman–Crippen LogP) is 2.59. The third-order valence-corrected chi connectivity index (χ3v) is 2.35. The van der Waals surface area contributed by atoms with Crippen molar-refractivity contribution in [2.45, 2.75) is 6.92 Å². The van der Waals surface area contributed by atoms with E-state index in [1.807, 2.05) is 24.3 Å². The van der Waals surface area contributed by atoms with Gasteiger partial charge < -0.3 is 4.52 Å². The molecule has 0 spiro atoms. The summed E-state index contributed by atoms with van der Waals surface area (Å²) in [5.74, 6) is 1.06. The monoisotopic (exact) mass is 212 g/mol. The van der Waals surface area contributed by atoms with Crippen LogP contribution in [0.5, 0.6) is 0 Å². The van der Waals surface area contributed by atoms with E-state index < -0.39 is 0 Å². The molecule has 0 atom stereocenters. The number of pyridine rings is 1. The highest BCUT2D eigenvalue weighted by Crippen LogP contribution is 2.21. The van der Waals surface area contributed by atoms with Crippen LogP contribution in [0.25, 0.3) is 22.2 Å². The Morgan fingerprint density at radius 3 is 3.00 bits per heavy atom. The number of aromatic nitrogens is 3. The van der Waals surface area contributed by atoms with Crippen LogP contribution in [0.2, 0.25) is 0 Å². The molecule has 0 aliphatic carbocycles. The van der Waals surface area contributed by atoms with Gasteiger partial charge >= 0.3 is 0 Å². The van der Waals surface area contributed by atoms with Crippen LogP contribution in [-0.4, -0.2) is 15.1 Å². The fourth-order valence-electron chi connectivity index (χ4n) is 1.58. The first-order valence-corrected chi connectivity index (χ1v) is 4.90. The average molecular weight is 212 g/mol. The van der Waals surface area contributed by atoms with Crippen molar-refractivity contribution >= 4 is 10.8 Å². The molecule has 0 saturated heterocycles. The van der Waals surface area contributed by atoms with E-state index in [0.29, 0.717) is 11.7 Å². The molecule has 0 unspecified atom stereocenters. The fraction of sp³-hybridized carbons (Fsp3) is 0.0833. The highest BCUT2D eigenvalue weighted by molar-refractivity contribution is 5.85. The molecule has 0 saturated carbocycles. The molecule has 78 valence electrons. The third-order valence-electron chi connectivity index (χ3n) is 2.35. The van der Waals surface area contributed by atoms with Gasteiger partial charge in [0.1, 0.15) is 0 Å². The minimum atomic E-state index is 0.254. The van der Waals surface area contributed by atoms with Crippen LogP contribution in [-0.2, 0) is 0 Å². The Kier molecular flexibility index (Phi) is 1.70. The maximum Gasteiger partial charge on any atom is 0.223 e. The minimum Gasteiger partial charge on any atom is -0.339 e. The second kappa shape index (κ2) is 3.41. The van der Waals surface area contributed by atoms with Gasteiger partial charge in [0, 0.05) is 30.2 Å². The van der Waals surface area contributed by atoms with Gasteiger partial charge in [0.2, 0.25) is 11.7 Å². The molecule has 0 radical (unpaired) electrons. The van der Waals surface area contributed by atoms with Gasteiger partial charge in [-0.15, -0.1) is 0 Å². The maximum atomic E-state index is 7.75. The molecular weight excluding hydrogens is 202 g/mol. The lowest BCUT2D eigenvalue weighted by molar-refractivity contribution is 0.394. The Hall–Kier alpha value is -2.23. The first-order valence-electron chi connectivity index (χ1n) is 5.40. The second-order valence-electron chi connectivity index (χ2n) is 3.50. The molecule has 4 heteroatoms. The molecule has 2 heterocycles. The summed E-state index contributed by atoms with van der Waals surface area (Å²) in [7, 11) is 0. The van der Waals surface area contributed by atoms with Crippen molar-refractivity contribution in [3.8, 4) is 11.4 Å². The maximum absolute atomic E-state index is 7.75. The molecule has 0 N–H and O–H groups in total. The van der Waals surface area contributed by atoms with Crippen molar-refractivity contribution < 1.29 is 5.89 Å². The van der Waals surface area contributed by atoms with E-state index in [2.05, 4.69) is 15.1 Å². The van der Waals surface area contributed by atoms with Crippen LogP contribution >= 0.6 is 0 Å². The number of hydrogen-bond acceptors (Lipinski definition) is 4. The van der Waals surface area contributed by atoms with Gasteiger partial charge in [-0.3, -0.25) is 4.98 Å². The second-order valence-corrected chi connectivity index (χ2v) is 3.50. The minimum absolute atomic E-state index is 0.254. The Balaban J connectivity index is 2.22. The quantitative estimate of drug-likeness (QED) is 0.622. The summed E-state index contributed by atoms with van der Waals surface area (Å²) in [6.07, 6.45) is 1.88. The summed E-state index contributed by atoms with van der Waals surface area (Å²) in [5, 5.41) is 5.62. The lowest BCUT2D eigenvalue weighted by atomic mass is 10.1. The Morgan fingerprint density at radius 1 is 1.25 bits per heavy atom. The van der Waals surface area contributed by atoms with Crippen LogP contribution < -0.4 is 0 Å². The summed E-state index contributed by atoms with van der Waals surface area (Å²) in [6.45, 7) is 1.75. The highest BCUT2D eigenvalue weighted by Gasteiger charge is 2.05. The molecule has 3 aromatic rings. The van der Waals surface area contributed by atoms with E-state index >= 15 is 0 Å². The normalized spacial score (nSPS) is 11.7. The van der Waals surface area contributed by atoms with Crippen LogP contribution in [0.1, 0.15) is 7.26 Å². The molecule has 1 aromatic carbocycles. The van der Waals surface area contributed by atoms with Crippen molar-refractivity contribution in [1.82, 2.24) is 15.1 Å². The van der Waals surface area contributed by atoms with Crippen LogP contribution in [0.3, 0.4) is 0 Å². The number of hydrogen-bond donors (Lipinski definition) is 0. The summed E-state index contributed by atoms with van der Waals surface area (Å²) in [5.41, 5.74) is 0.829. The van der Waals surface area contributed by atoms with E-state index in [0.717, 1.165) is 16.3 Å². The Morgan fingerprint density at radius 2 is 2.19 bits per heavy atom. The largest absolute Gasteiger partial charge is 0.339 e. The van der Waals surface area contributed by atoms with Crippen LogP contribution in [0, 0.1) is 6.92 Å². The van der Waals surface area contributed by atoms with E-state index in [-0.39, 0.29) is 6.17 Å². The van der Waals surface area contributed by atoms with E-state index in [1.165, 1.54) is 0 Å². The topological polar surface area (TPSA) is 51.8 Å². The number of aryl methyl sites for hydroxylation is 1. The van der Waals surface area contributed by atoms with E-state index in [1.54, 1.807) is 13.1 Å². The van der Waals surface area contributed by atoms with Crippen molar-refractivity contribution in [2.24, 2.45) is 0 Å². The predicted molar refractivity (Wildman–Crippen MR) is 59.8 cm³/mol. The molecule has 0 aliphatic heterocycles. The molecule has 16 heavy (non-hydrogen) atoms. The molecule has 0 fully saturated rings. The molecule has 0 amide bonds. The van der Waals surface area contributed by atoms with Crippen LogP contribution in [0.15, 0.2) is 41.2 Å². The number of rotatable bonds is 1. The first kappa shape index (κ1) is 7.98. The van der Waals surface area contributed by atoms with Crippen molar-refractivity contribution in [3.05, 3.63) is 42.5 Å². The fourth-order valence-corrected chi connectivity index (χ4v) is 1.58. The van der Waals surface area contributed by atoms with E-state index in [9.17, 15) is 0 Å². The van der Waals surface area contributed by atoms with Gasteiger partial charge in [0.25, 0.3) is 0 Å². The molecule has 0 bridgehead atoms.